The molecule has 33 heavy (non-hydrogen) atoms. The minimum atomic E-state index is -2.63. The minimum absolute atomic E-state index is 0.0126. The summed E-state index contributed by atoms with van der Waals surface area (Å²) in [7, 11) is 0. The zero-order chi connectivity index (χ0) is 23.1. The molecule has 4 aliphatic rings. The Balaban J connectivity index is 1.14. The van der Waals surface area contributed by atoms with Gasteiger partial charge in [-0.3, -0.25) is 4.79 Å². The normalized spacial score (nSPS) is 31.6. The first-order chi connectivity index (χ1) is 15.6. The Hall–Kier alpha value is -2.23. The fourth-order valence-electron chi connectivity index (χ4n) is 5.95. The number of amides is 1. The molecule has 0 spiro atoms. The van der Waals surface area contributed by atoms with Gasteiger partial charge in [-0.2, -0.15) is 5.10 Å². The van der Waals surface area contributed by atoms with Gasteiger partial charge < -0.3 is 11.1 Å². The number of alkyl halides is 4. The van der Waals surface area contributed by atoms with Gasteiger partial charge in [-0.15, -0.1) is 0 Å². The van der Waals surface area contributed by atoms with Gasteiger partial charge in [-0.05, 0) is 55.1 Å². The lowest BCUT2D eigenvalue weighted by atomic mass is 9.79. The molecular formula is C23H27F4N5O. The summed E-state index contributed by atoms with van der Waals surface area (Å²) in [6.45, 7) is 0. The van der Waals surface area contributed by atoms with Crippen molar-refractivity contribution in [1.82, 2.24) is 19.9 Å². The fourth-order valence-corrected chi connectivity index (χ4v) is 5.95. The van der Waals surface area contributed by atoms with Gasteiger partial charge >= 0.3 is 0 Å². The monoisotopic (exact) mass is 465 g/mol. The number of hydrogen-bond donors (Lipinski definition) is 2. The largest absolute Gasteiger partial charge is 0.349 e. The summed E-state index contributed by atoms with van der Waals surface area (Å²) < 4.78 is 54.8. The van der Waals surface area contributed by atoms with Crippen LogP contribution in [-0.4, -0.2) is 32.4 Å². The number of nitrogens with two attached hydrogens (primary N) is 1. The minimum Gasteiger partial charge on any atom is -0.349 e. The molecule has 4 aliphatic carbocycles. The van der Waals surface area contributed by atoms with Crippen LogP contribution in [0.2, 0.25) is 0 Å². The zero-order valence-electron chi connectivity index (χ0n) is 18.1. The summed E-state index contributed by atoms with van der Waals surface area (Å²) in [6, 6.07) is 1.22. The van der Waals surface area contributed by atoms with Crippen molar-refractivity contribution in [3.05, 3.63) is 29.7 Å². The smallest absolute Gasteiger partial charge is 0.254 e. The maximum atomic E-state index is 13.5. The predicted octanol–water partition coefficient (Wildman–Crippen LogP) is 4.02. The molecule has 1 amide bonds. The van der Waals surface area contributed by atoms with E-state index in [0.29, 0.717) is 30.1 Å². The SMILES string of the molecule is N[C@H](c1cn2ncc(C(NC(=O)CC3CC(F)(F)C3)C3CC3)cc2n1)[C@@H]1C[C@@H]2[C@H](C1)C2(F)F. The number of rotatable bonds is 7. The van der Waals surface area contributed by atoms with Gasteiger partial charge in [-0.25, -0.2) is 27.1 Å². The summed E-state index contributed by atoms with van der Waals surface area (Å²) in [4.78, 5) is 17.1. The average molecular weight is 465 g/mol. The highest BCUT2D eigenvalue weighted by Crippen LogP contribution is 2.66. The van der Waals surface area contributed by atoms with Crippen molar-refractivity contribution < 1.29 is 22.4 Å². The van der Waals surface area contributed by atoms with E-state index in [4.69, 9.17) is 5.73 Å². The Kier molecular flexibility index (Phi) is 4.61. The van der Waals surface area contributed by atoms with Gasteiger partial charge in [0.2, 0.25) is 11.8 Å². The van der Waals surface area contributed by atoms with E-state index in [-0.39, 0.29) is 43.0 Å². The molecule has 2 aromatic heterocycles. The van der Waals surface area contributed by atoms with E-state index < -0.39 is 29.7 Å². The molecule has 4 fully saturated rings. The summed E-state index contributed by atoms with van der Waals surface area (Å²) in [5.41, 5.74) is 8.43. The molecule has 6 nitrogen and oxygen atoms in total. The third-order valence-electron chi connectivity index (χ3n) is 8.11. The number of carbonyl (C=O) groups is 1. The molecule has 0 saturated heterocycles. The summed E-state index contributed by atoms with van der Waals surface area (Å²) >= 11 is 0. The molecule has 3 N–H and O–H groups in total. The predicted molar refractivity (Wildman–Crippen MR) is 110 cm³/mol. The molecule has 0 aliphatic heterocycles. The number of aromatic nitrogens is 3. The lowest BCUT2D eigenvalue weighted by Crippen LogP contribution is -2.39. The van der Waals surface area contributed by atoms with Crippen molar-refractivity contribution in [2.75, 3.05) is 0 Å². The van der Waals surface area contributed by atoms with E-state index >= 15 is 0 Å². The molecule has 1 unspecified atom stereocenters. The standard InChI is InChI=1S/C23H27F4N5O/c24-22(25)7-11(8-22)3-19(33)31-21(12-1-2-12)14-6-18-30-17(10-32(18)29-9-14)20(28)13-4-15-16(5-13)23(15,26)27/h6,9-13,15-16,20-21H,1-5,7-8,28H2,(H,31,33)/t13-,15-,16+,20-,21?/m0/s1. The van der Waals surface area contributed by atoms with Crippen LogP contribution in [-0.2, 0) is 4.79 Å². The quantitative estimate of drug-likeness (QED) is 0.605. The highest BCUT2D eigenvalue weighted by Gasteiger charge is 2.71. The first-order valence-electron chi connectivity index (χ1n) is 11.8. The number of hydrogen-bond acceptors (Lipinski definition) is 4. The fraction of sp³-hybridized carbons (Fsp3) is 0.696. The molecule has 4 saturated carbocycles. The van der Waals surface area contributed by atoms with Crippen LogP contribution in [0, 0.1) is 29.6 Å². The third-order valence-corrected chi connectivity index (χ3v) is 8.11. The van der Waals surface area contributed by atoms with E-state index in [0.717, 1.165) is 18.4 Å². The lowest BCUT2D eigenvalue weighted by Gasteiger charge is -2.34. The first kappa shape index (κ1) is 21.3. The van der Waals surface area contributed by atoms with Crippen LogP contribution in [0.4, 0.5) is 17.6 Å². The molecule has 5 atom stereocenters. The third kappa shape index (κ3) is 3.80. The lowest BCUT2D eigenvalue weighted by molar-refractivity contribution is -0.134. The van der Waals surface area contributed by atoms with Gasteiger partial charge in [0, 0.05) is 31.1 Å². The molecule has 0 radical (unpaired) electrons. The van der Waals surface area contributed by atoms with E-state index in [1.54, 1.807) is 16.9 Å². The van der Waals surface area contributed by atoms with Gasteiger partial charge in [0.15, 0.2) is 5.65 Å². The van der Waals surface area contributed by atoms with Crippen molar-refractivity contribution in [3.8, 4) is 0 Å². The second-order valence-electron chi connectivity index (χ2n) is 10.6. The Bertz CT molecular complexity index is 1080. The summed E-state index contributed by atoms with van der Waals surface area (Å²) in [6.07, 6.45) is 5.91. The van der Waals surface area contributed by atoms with Gasteiger partial charge in [-0.1, -0.05) is 0 Å². The van der Waals surface area contributed by atoms with E-state index in [1.807, 2.05) is 6.07 Å². The van der Waals surface area contributed by atoms with Crippen LogP contribution < -0.4 is 11.1 Å². The van der Waals surface area contributed by atoms with Crippen molar-refractivity contribution in [2.24, 2.45) is 35.3 Å². The zero-order valence-corrected chi connectivity index (χ0v) is 18.1. The molecule has 0 bridgehead atoms. The van der Waals surface area contributed by atoms with Crippen molar-refractivity contribution in [3.63, 3.8) is 0 Å². The number of imidazole rings is 1. The maximum Gasteiger partial charge on any atom is 0.254 e. The molecule has 10 heteroatoms. The topological polar surface area (TPSA) is 85.3 Å². The van der Waals surface area contributed by atoms with Crippen molar-refractivity contribution in [1.29, 1.82) is 0 Å². The van der Waals surface area contributed by atoms with Gasteiger partial charge in [0.1, 0.15) is 0 Å². The number of nitrogens with one attached hydrogen (secondary N) is 1. The van der Waals surface area contributed by atoms with Crippen LogP contribution in [0.25, 0.3) is 5.65 Å². The molecule has 2 heterocycles. The number of fused-ring (bicyclic) bond motifs is 2. The Morgan fingerprint density at radius 1 is 1.18 bits per heavy atom. The number of halogens is 4. The van der Waals surface area contributed by atoms with Gasteiger partial charge in [0.05, 0.1) is 30.2 Å². The summed E-state index contributed by atoms with van der Waals surface area (Å²) in [5.74, 6) is -6.42. The maximum absolute atomic E-state index is 13.5. The van der Waals surface area contributed by atoms with Crippen molar-refractivity contribution in [2.45, 2.75) is 68.9 Å². The molecular weight excluding hydrogens is 438 g/mol. The van der Waals surface area contributed by atoms with E-state index in [1.165, 1.54) is 0 Å². The van der Waals surface area contributed by atoms with Crippen LogP contribution in [0.15, 0.2) is 18.5 Å². The van der Waals surface area contributed by atoms with Gasteiger partial charge in [0.25, 0.3) is 5.92 Å². The van der Waals surface area contributed by atoms with Crippen LogP contribution in [0.3, 0.4) is 0 Å². The van der Waals surface area contributed by atoms with E-state index in [2.05, 4.69) is 15.4 Å². The number of nitrogens with zero attached hydrogens (tertiary/aromatic N) is 3. The molecule has 178 valence electrons. The number of carbonyl (C=O) groups excluding carboxylic acids is 1. The summed E-state index contributed by atoms with van der Waals surface area (Å²) in [5, 5.41) is 7.45. The second-order valence-corrected chi connectivity index (χ2v) is 10.6. The van der Waals surface area contributed by atoms with E-state index in [9.17, 15) is 22.4 Å². The Labute approximate surface area is 188 Å². The van der Waals surface area contributed by atoms with Crippen LogP contribution in [0.1, 0.15) is 68.3 Å². The first-order valence-corrected chi connectivity index (χ1v) is 11.8. The molecule has 2 aromatic rings. The highest BCUT2D eigenvalue weighted by molar-refractivity contribution is 5.77. The Morgan fingerprint density at radius 2 is 1.88 bits per heavy atom. The molecule has 0 aromatic carbocycles. The highest BCUT2D eigenvalue weighted by atomic mass is 19.3. The molecule has 6 rings (SSSR count). The van der Waals surface area contributed by atoms with Crippen LogP contribution in [0.5, 0.6) is 0 Å². The second kappa shape index (κ2) is 7.13. The van der Waals surface area contributed by atoms with Crippen LogP contribution >= 0.6 is 0 Å². The average Bonchev–Trinajstić information content (AvgIpc) is 3.49. The van der Waals surface area contributed by atoms with Crippen molar-refractivity contribution >= 4 is 11.6 Å². The Morgan fingerprint density at radius 3 is 2.52 bits per heavy atom.